The van der Waals surface area contributed by atoms with Crippen molar-refractivity contribution in [3.8, 4) is 5.75 Å². The molecule has 1 amide bonds. The first-order valence-corrected chi connectivity index (χ1v) is 10.6. The molecule has 4 nitrogen and oxygen atoms in total. The Morgan fingerprint density at radius 3 is 2.77 bits per heavy atom. The topological polar surface area (TPSA) is 41.9 Å². The summed E-state index contributed by atoms with van der Waals surface area (Å²) < 4.78 is 5.54. The van der Waals surface area contributed by atoms with Gasteiger partial charge in [0, 0.05) is 22.4 Å². The molecule has 142 valence electrons. The van der Waals surface area contributed by atoms with E-state index in [0.29, 0.717) is 22.4 Å². The minimum absolute atomic E-state index is 0.221. The Kier molecular flexibility index (Phi) is 6.18. The van der Waals surface area contributed by atoms with Crippen molar-refractivity contribution in [2.45, 2.75) is 63.2 Å². The Bertz CT molecular complexity index is 701. The third kappa shape index (κ3) is 4.04. The first kappa shape index (κ1) is 19.6. The third-order valence-electron chi connectivity index (χ3n) is 5.49. The maximum Gasteiger partial charge on any atom is 0.283 e. The zero-order valence-electron chi connectivity index (χ0n) is 15.8. The average molecular weight is 395 g/mol. The fraction of sp³-hybridized carbons (Fsp3) is 0.600. The molecule has 1 unspecified atom stereocenters. The molecule has 1 spiro atoms. The Labute approximate surface area is 165 Å². The van der Waals surface area contributed by atoms with Crippen molar-refractivity contribution in [3.05, 3.63) is 28.8 Å². The number of carbonyl (C=O) groups is 1. The minimum Gasteiger partial charge on any atom is -0.496 e. The molecule has 1 atom stereocenters. The second-order valence-electron chi connectivity index (χ2n) is 7.28. The number of aliphatic imine (C=N–C) groups is 1. The summed E-state index contributed by atoms with van der Waals surface area (Å²) in [6, 6.07) is 5.44. The molecule has 0 radical (unpaired) electrons. The highest BCUT2D eigenvalue weighted by Gasteiger charge is 2.44. The van der Waals surface area contributed by atoms with Crippen molar-refractivity contribution in [1.29, 1.82) is 0 Å². The third-order valence-corrected chi connectivity index (χ3v) is 7.20. The Hall–Kier alpha value is -1.20. The molecule has 6 heteroatoms. The zero-order valence-corrected chi connectivity index (χ0v) is 17.3. The molecule has 0 aromatic heterocycles. The van der Waals surface area contributed by atoms with Gasteiger partial charge in [-0.25, -0.2) is 0 Å². The van der Waals surface area contributed by atoms with Gasteiger partial charge in [-0.15, -0.1) is 0 Å². The van der Waals surface area contributed by atoms with Crippen molar-refractivity contribution >= 4 is 34.4 Å². The number of nitrogens with zero attached hydrogens (tertiary/aromatic N) is 2. The van der Waals surface area contributed by atoms with Crippen molar-refractivity contribution in [2.75, 3.05) is 13.7 Å². The lowest BCUT2D eigenvalue weighted by Gasteiger charge is -2.32. The van der Waals surface area contributed by atoms with Crippen molar-refractivity contribution in [1.82, 2.24) is 4.90 Å². The van der Waals surface area contributed by atoms with Crippen molar-refractivity contribution in [3.63, 3.8) is 0 Å². The summed E-state index contributed by atoms with van der Waals surface area (Å²) in [5.41, 5.74) is 0.418. The number of methoxy groups -OCH3 is 1. The van der Waals surface area contributed by atoms with Gasteiger partial charge in [0.2, 0.25) is 0 Å². The summed E-state index contributed by atoms with van der Waals surface area (Å²) in [4.78, 5) is 19.7. The molecular formula is C20H27ClN2O2S. The van der Waals surface area contributed by atoms with E-state index in [4.69, 9.17) is 16.3 Å². The molecule has 1 aliphatic heterocycles. The number of hydrogen-bond donors (Lipinski definition) is 0. The molecule has 26 heavy (non-hydrogen) atoms. The number of thioether (sulfide) groups is 1. The fourth-order valence-corrected chi connectivity index (χ4v) is 5.51. The quantitative estimate of drug-likeness (QED) is 0.686. The number of rotatable bonds is 4. The number of amidine groups is 1. The molecule has 1 aliphatic carbocycles. The molecule has 3 rings (SSSR count). The number of halogens is 1. The molecule has 2 fully saturated rings. The van der Waals surface area contributed by atoms with E-state index in [1.165, 1.54) is 32.1 Å². The average Bonchev–Trinajstić information content (AvgIpc) is 2.99. The van der Waals surface area contributed by atoms with Crippen LogP contribution in [-0.4, -0.2) is 40.4 Å². The van der Waals surface area contributed by atoms with Gasteiger partial charge in [-0.2, -0.15) is 4.99 Å². The highest BCUT2D eigenvalue weighted by Crippen LogP contribution is 2.47. The van der Waals surface area contributed by atoms with Crippen LogP contribution in [0.2, 0.25) is 5.02 Å². The van der Waals surface area contributed by atoms with Crippen LogP contribution < -0.4 is 4.74 Å². The van der Waals surface area contributed by atoms with Crippen LogP contribution in [0.5, 0.6) is 5.75 Å². The van der Waals surface area contributed by atoms with Crippen LogP contribution in [-0.2, 0) is 0 Å². The van der Waals surface area contributed by atoms with Gasteiger partial charge in [0.05, 0.1) is 12.7 Å². The highest BCUT2D eigenvalue weighted by molar-refractivity contribution is 8.15. The van der Waals surface area contributed by atoms with Crippen LogP contribution >= 0.6 is 23.4 Å². The van der Waals surface area contributed by atoms with E-state index < -0.39 is 0 Å². The molecule has 1 saturated carbocycles. The lowest BCUT2D eigenvalue weighted by Crippen LogP contribution is -2.39. The van der Waals surface area contributed by atoms with E-state index in [1.54, 1.807) is 25.3 Å². The van der Waals surface area contributed by atoms with E-state index in [2.05, 4.69) is 23.7 Å². The number of benzene rings is 1. The monoisotopic (exact) mass is 394 g/mol. The lowest BCUT2D eigenvalue weighted by molar-refractivity contribution is 0.0998. The standard InChI is InChI=1S/C20H27ClN2O2S/c1-4-14(2)23-13-20(10-6-5-7-11-20)26-19(23)22-18(24)16-12-15(21)8-9-17(16)25-3/h8-9,12,14H,4-7,10-11,13H2,1-3H3. The van der Waals surface area contributed by atoms with Crippen LogP contribution in [0.25, 0.3) is 0 Å². The molecule has 1 aromatic carbocycles. The smallest absolute Gasteiger partial charge is 0.283 e. The van der Waals surface area contributed by atoms with Gasteiger partial charge >= 0.3 is 0 Å². The van der Waals surface area contributed by atoms with Crippen LogP contribution in [0.15, 0.2) is 23.2 Å². The molecule has 1 heterocycles. The lowest BCUT2D eigenvalue weighted by atomic mass is 9.88. The van der Waals surface area contributed by atoms with Gasteiger partial charge in [0.1, 0.15) is 5.75 Å². The predicted molar refractivity (Wildman–Crippen MR) is 110 cm³/mol. The number of ether oxygens (including phenoxy) is 1. The first-order valence-electron chi connectivity index (χ1n) is 9.40. The van der Waals surface area contributed by atoms with Gasteiger partial charge < -0.3 is 9.64 Å². The first-order chi connectivity index (χ1) is 12.5. The van der Waals surface area contributed by atoms with Crippen molar-refractivity contribution in [2.24, 2.45) is 4.99 Å². The Balaban J connectivity index is 1.91. The van der Waals surface area contributed by atoms with E-state index >= 15 is 0 Å². The summed E-state index contributed by atoms with van der Waals surface area (Å²) in [7, 11) is 1.56. The second kappa shape index (κ2) is 8.22. The predicted octanol–water partition coefficient (Wildman–Crippen LogP) is 5.40. The Morgan fingerprint density at radius 1 is 1.38 bits per heavy atom. The van der Waals surface area contributed by atoms with Gasteiger partial charge in [-0.1, -0.05) is 49.5 Å². The van der Waals surface area contributed by atoms with Crippen LogP contribution in [0, 0.1) is 0 Å². The summed E-state index contributed by atoms with van der Waals surface area (Å²) in [5, 5.41) is 1.37. The molecule has 1 saturated heterocycles. The van der Waals surface area contributed by atoms with Crippen LogP contribution in [0.4, 0.5) is 0 Å². The van der Waals surface area contributed by atoms with Gasteiger partial charge in [0.25, 0.3) is 5.91 Å². The minimum atomic E-state index is -0.284. The van der Waals surface area contributed by atoms with E-state index in [-0.39, 0.29) is 10.7 Å². The normalized spacial score (nSPS) is 22.0. The second-order valence-corrected chi connectivity index (χ2v) is 9.15. The number of carbonyl (C=O) groups excluding carboxylic acids is 1. The summed E-state index contributed by atoms with van der Waals surface area (Å²) in [6.07, 6.45) is 7.30. The van der Waals surface area contributed by atoms with Gasteiger partial charge in [-0.3, -0.25) is 4.79 Å². The zero-order chi connectivity index (χ0) is 18.7. The number of hydrogen-bond acceptors (Lipinski definition) is 3. The molecule has 0 bridgehead atoms. The maximum absolute atomic E-state index is 12.9. The summed E-state index contributed by atoms with van der Waals surface area (Å²) in [6.45, 7) is 5.38. The van der Waals surface area contributed by atoms with Crippen LogP contribution in [0.1, 0.15) is 62.7 Å². The van der Waals surface area contributed by atoms with Crippen LogP contribution in [0.3, 0.4) is 0 Å². The summed E-state index contributed by atoms with van der Waals surface area (Å²) >= 11 is 7.89. The maximum atomic E-state index is 12.9. The van der Waals surface area contributed by atoms with Gasteiger partial charge in [-0.05, 0) is 44.4 Å². The molecule has 2 aliphatic rings. The van der Waals surface area contributed by atoms with E-state index in [0.717, 1.165) is 18.1 Å². The highest BCUT2D eigenvalue weighted by atomic mass is 35.5. The molecule has 0 N–H and O–H groups in total. The molecular weight excluding hydrogens is 368 g/mol. The van der Waals surface area contributed by atoms with Crippen molar-refractivity contribution < 1.29 is 9.53 Å². The van der Waals surface area contributed by atoms with E-state index in [1.807, 2.05) is 11.8 Å². The fourth-order valence-electron chi connectivity index (χ4n) is 3.77. The van der Waals surface area contributed by atoms with E-state index in [9.17, 15) is 4.79 Å². The number of amides is 1. The summed E-state index contributed by atoms with van der Waals surface area (Å²) in [5.74, 6) is 0.224. The van der Waals surface area contributed by atoms with Gasteiger partial charge in [0.15, 0.2) is 5.17 Å². The SMILES string of the molecule is CCC(C)N1CC2(CCCCC2)SC1=NC(=O)c1cc(Cl)ccc1OC. The largest absolute Gasteiger partial charge is 0.496 e. The Morgan fingerprint density at radius 2 is 2.12 bits per heavy atom. The molecule has 1 aromatic rings.